The van der Waals surface area contributed by atoms with E-state index in [0.29, 0.717) is 12.1 Å². The molecule has 0 radical (unpaired) electrons. The molecule has 0 saturated heterocycles. The Labute approximate surface area is 136 Å². The molecule has 5 heteroatoms. The van der Waals surface area contributed by atoms with Crippen LogP contribution in [0.4, 0.5) is 5.69 Å². The molecule has 1 heterocycles. The molecule has 1 atom stereocenters. The molecule has 0 fully saturated rings. The number of rotatable bonds is 5. The van der Waals surface area contributed by atoms with Gasteiger partial charge in [0.1, 0.15) is 5.56 Å². The lowest BCUT2D eigenvalue weighted by Gasteiger charge is -2.27. The minimum Gasteiger partial charge on any atom is -0.370 e. The van der Waals surface area contributed by atoms with Gasteiger partial charge in [0, 0.05) is 31.0 Å². The van der Waals surface area contributed by atoms with E-state index >= 15 is 0 Å². The summed E-state index contributed by atoms with van der Waals surface area (Å²) in [4.78, 5) is 29.0. The topological polar surface area (TPSA) is 65.2 Å². The number of para-hydroxylation sites is 1. The largest absolute Gasteiger partial charge is 0.370 e. The normalized spacial score (nSPS) is 11.8. The van der Waals surface area contributed by atoms with Crippen LogP contribution in [0.3, 0.4) is 0 Å². The molecule has 2 rings (SSSR count). The second-order valence-electron chi connectivity index (χ2n) is 5.84. The third-order valence-electron chi connectivity index (χ3n) is 3.97. The molecule has 0 bridgehead atoms. The predicted molar refractivity (Wildman–Crippen MR) is 93.2 cm³/mol. The van der Waals surface area contributed by atoms with Crippen LogP contribution in [0.5, 0.6) is 0 Å². The predicted octanol–water partition coefficient (Wildman–Crippen LogP) is 2.25. The van der Waals surface area contributed by atoms with E-state index < -0.39 is 0 Å². The molecular formula is C18H23N3O2. The van der Waals surface area contributed by atoms with Crippen molar-refractivity contribution >= 4 is 11.6 Å². The van der Waals surface area contributed by atoms with Crippen molar-refractivity contribution in [3.63, 3.8) is 0 Å². The lowest BCUT2D eigenvalue weighted by Crippen LogP contribution is -2.41. The maximum absolute atomic E-state index is 12.3. The van der Waals surface area contributed by atoms with Gasteiger partial charge in [-0.25, -0.2) is 0 Å². The molecule has 0 aliphatic carbocycles. The standard InChI is InChI=1S/C18H23N3O2/c1-12-10-13(2)20-18(23)16(12)17(22)19-11-14(3)21(4)15-8-6-5-7-9-15/h5-10,14H,11H2,1-4H3,(H,19,22)(H,20,23)/t14-/m0/s1. The fourth-order valence-corrected chi connectivity index (χ4v) is 2.52. The molecule has 2 N–H and O–H groups in total. The number of aromatic amines is 1. The molecule has 0 unspecified atom stereocenters. The maximum atomic E-state index is 12.3. The number of benzene rings is 1. The molecule has 1 amide bonds. The molecule has 0 saturated carbocycles. The van der Waals surface area contributed by atoms with Crippen LogP contribution in [0.15, 0.2) is 41.2 Å². The Morgan fingerprint density at radius 3 is 2.52 bits per heavy atom. The molecule has 0 aliphatic rings. The van der Waals surface area contributed by atoms with E-state index in [1.54, 1.807) is 19.9 Å². The summed E-state index contributed by atoms with van der Waals surface area (Å²) in [7, 11) is 1.98. The molecular weight excluding hydrogens is 290 g/mol. The molecule has 122 valence electrons. The SMILES string of the molecule is Cc1cc(C)c(C(=O)NC[C@H](C)N(C)c2ccccc2)c(=O)[nH]1. The average Bonchev–Trinajstić information content (AvgIpc) is 2.51. The minimum atomic E-state index is -0.343. The summed E-state index contributed by atoms with van der Waals surface area (Å²) in [5.41, 5.74) is 2.36. The van der Waals surface area contributed by atoms with Crippen molar-refractivity contribution in [2.75, 3.05) is 18.5 Å². The number of aromatic nitrogens is 1. The Balaban J connectivity index is 2.03. The number of hydrogen-bond acceptors (Lipinski definition) is 3. The Bertz CT molecular complexity index is 738. The van der Waals surface area contributed by atoms with E-state index in [2.05, 4.69) is 15.2 Å². The van der Waals surface area contributed by atoms with Crippen molar-refractivity contribution < 1.29 is 4.79 Å². The number of nitrogens with zero attached hydrogens (tertiary/aromatic N) is 1. The number of hydrogen-bond donors (Lipinski definition) is 2. The Hall–Kier alpha value is -2.56. The van der Waals surface area contributed by atoms with Gasteiger partial charge < -0.3 is 15.2 Å². The summed E-state index contributed by atoms with van der Waals surface area (Å²) in [5, 5.41) is 2.85. The van der Waals surface area contributed by atoms with Crippen LogP contribution >= 0.6 is 0 Å². The number of aryl methyl sites for hydroxylation is 2. The zero-order chi connectivity index (χ0) is 17.0. The van der Waals surface area contributed by atoms with Gasteiger partial charge in [0.05, 0.1) is 0 Å². The highest BCUT2D eigenvalue weighted by molar-refractivity contribution is 5.95. The van der Waals surface area contributed by atoms with Gasteiger partial charge in [-0.2, -0.15) is 0 Å². The quantitative estimate of drug-likeness (QED) is 0.890. The van der Waals surface area contributed by atoms with Gasteiger partial charge in [-0.3, -0.25) is 9.59 Å². The van der Waals surface area contributed by atoms with E-state index in [0.717, 1.165) is 11.4 Å². The van der Waals surface area contributed by atoms with Crippen LogP contribution in [0, 0.1) is 13.8 Å². The van der Waals surface area contributed by atoms with Gasteiger partial charge >= 0.3 is 0 Å². The first-order valence-corrected chi connectivity index (χ1v) is 7.66. The smallest absolute Gasteiger partial charge is 0.261 e. The van der Waals surface area contributed by atoms with Crippen molar-refractivity contribution in [2.24, 2.45) is 0 Å². The number of H-pyrrole nitrogens is 1. The highest BCUT2D eigenvalue weighted by Gasteiger charge is 2.16. The van der Waals surface area contributed by atoms with Crippen LogP contribution in [-0.4, -0.2) is 30.5 Å². The number of anilines is 1. The first kappa shape index (κ1) is 16.8. The number of carbonyl (C=O) groups excluding carboxylic acids is 1. The van der Waals surface area contributed by atoms with E-state index in [-0.39, 0.29) is 23.1 Å². The fraction of sp³-hybridized carbons (Fsp3) is 0.333. The van der Waals surface area contributed by atoms with Crippen LogP contribution in [-0.2, 0) is 0 Å². The lowest BCUT2D eigenvalue weighted by molar-refractivity contribution is 0.0949. The molecule has 0 spiro atoms. The third kappa shape index (κ3) is 4.00. The van der Waals surface area contributed by atoms with E-state index in [1.807, 2.05) is 44.3 Å². The number of carbonyl (C=O) groups is 1. The lowest BCUT2D eigenvalue weighted by atomic mass is 10.1. The average molecular weight is 313 g/mol. The van der Waals surface area contributed by atoms with Crippen molar-refractivity contribution in [1.82, 2.24) is 10.3 Å². The summed E-state index contributed by atoms with van der Waals surface area (Å²) < 4.78 is 0. The van der Waals surface area contributed by atoms with E-state index in [1.165, 1.54) is 0 Å². The number of pyridine rings is 1. The summed E-state index contributed by atoms with van der Waals surface area (Å²) in [6.07, 6.45) is 0. The van der Waals surface area contributed by atoms with E-state index in [9.17, 15) is 9.59 Å². The summed E-state index contributed by atoms with van der Waals surface area (Å²) >= 11 is 0. The second-order valence-corrected chi connectivity index (χ2v) is 5.84. The highest BCUT2D eigenvalue weighted by Crippen LogP contribution is 2.13. The molecule has 0 aliphatic heterocycles. The van der Waals surface area contributed by atoms with Crippen LogP contribution < -0.4 is 15.8 Å². The maximum Gasteiger partial charge on any atom is 0.261 e. The molecule has 2 aromatic rings. The Kier molecular flexibility index (Phi) is 5.21. The molecule has 1 aromatic heterocycles. The molecule has 5 nitrogen and oxygen atoms in total. The Morgan fingerprint density at radius 1 is 1.26 bits per heavy atom. The van der Waals surface area contributed by atoms with Gasteiger partial charge in [-0.1, -0.05) is 18.2 Å². The molecule has 23 heavy (non-hydrogen) atoms. The van der Waals surface area contributed by atoms with E-state index in [4.69, 9.17) is 0 Å². The summed E-state index contributed by atoms with van der Waals surface area (Å²) in [5.74, 6) is -0.336. The van der Waals surface area contributed by atoms with Crippen LogP contribution in [0.25, 0.3) is 0 Å². The van der Waals surface area contributed by atoms with Gasteiger partial charge in [0.2, 0.25) is 0 Å². The summed E-state index contributed by atoms with van der Waals surface area (Å²) in [6, 6.07) is 11.9. The van der Waals surface area contributed by atoms with Crippen LogP contribution in [0.1, 0.15) is 28.5 Å². The minimum absolute atomic E-state index is 0.103. The zero-order valence-corrected chi connectivity index (χ0v) is 14.0. The van der Waals surface area contributed by atoms with Gasteiger partial charge in [-0.15, -0.1) is 0 Å². The molecule has 1 aromatic carbocycles. The van der Waals surface area contributed by atoms with Crippen molar-refractivity contribution in [1.29, 1.82) is 0 Å². The van der Waals surface area contributed by atoms with Gasteiger partial charge in [-0.05, 0) is 44.5 Å². The van der Waals surface area contributed by atoms with Crippen LogP contribution in [0.2, 0.25) is 0 Å². The van der Waals surface area contributed by atoms with Crippen molar-refractivity contribution in [2.45, 2.75) is 26.8 Å². The first-order chi connectivity index (χ1) is 10.9. The van der Waals surface area contributed by atoms with Crippen molar-refractivity contribution in [3.05, 3.63) is 63.6 Å². The Morgan fingerprint density at radius 2 is 1.91 bits per heavy atom. The third-order valence-corrected chi connectivity index (χ3v) is 3.97. The van der Waals surface area contributed by atoms with Gasteiger partial charge in [0.15, 0.2) is 0 Å². The highest BCUT2D eigenvalue weighted by atomic mass is 16.2. The number of amides is 1. The first-order valence-electron chi connectivity index (χ1n) is 7.66. The monoisotopic (exact) mass is 313 g/mol. The van der Waals surface area contributed by atoms with Gasteiger partial charge in [0.25, 0.3) is 11.5 Å². The number of likely N-dealkylation sites (N-methyl/N-ethyl adjacent to an activating group) is 1. The fourth-order valence-electron chi connectivity index (χ4n) is 2.52. The van der Waals surface area contributed by atoms with Crippen molar-refractivity contribution in [3.8, 4) is 0 Å². The summed E-state index contributed by atoms with van der Waals surface area (Å²) in [6.45, 7) is 6.06. The second kappa shape index (κ2) is 7.13. The number of nitrogens with one attached hydrogen (secondary N) is 2. The zero-order valence-electron chi connectivity index (χ0n) is 14.0.